The van der Waals surface area contributed by atoms with Gasteiger partial charge in [-0.3, -0.25) is 10.1 Å². The van der Waals surface area contributed by atoms with Crippen molar-refractivity contribution in [2.75, 3.05) is 6.54 Å². The van der Waals surface area contributed by atoms with E-state index in [1.165, 1.54) is 6.21 Å². The minimum atomic E-state index is -0.541. The lowest BCUT2D eigenvalue weighted by Gasteiger charge is -2.02. The summed E-state index contributed by atoms with van der Waals surface area (Å²) >= 11 is 5.83. The number of carbonyl (C=O) groups is 2. The lowest BCUT2D eigenvalue weighted by Crippen LogP contribution is -2.24. The van der Waals surface area contributed by atoms with E-state index in [4.69, 9.17) is 16.0 Å². The van der Waals surface area contributed by atoms with Crippen LogP contribution < -0.4 is 5.32 Å². The van der Waals surface area contributed by atoms with Crippen LogP contribution in [-0.2, 0) is 4.79 Å². The molecule has 1 fully saturated rings. The first-order chi connectivity index (χ1) is 10.1. The molecule has 3 rings (SSSR count). The number of nitrogens with one attached hydrogen (secondary N) is 1. The molecule has 0 aliphatic carbocycles. The van der Waals surface area contributed by atoms with E-state index in [1.54, 1.807) is 24.3 Å². The van der Waals surface area contributed by atoms with Gasteiger partial charge in [0.15, 0.2) is 0 Å². The molecular weight excluding hydrogens is 294 g/mol. The first-order valence-corrected chi connectivity index (χ1v) is 6.51. The van der Waals surface area contributed by atoms with Crippen molar-refractivity contribution in [2.24, 2.45) is 5.10 Å². The van der Waals surface area contributed by atoms with Gasteiger partial charge in [-0.2, -0.15) is 5.10 Å². The summed E-state index contributed by atoms with van der Waals surface area (Å²) in [5.41, 5.74) is 0.883. The number of halogens is 1. The summed E-state index contributed by atoms with van der Waals surface area (Å²) in [7, 11) is 0. The maximum absolute atomic E-state index is 11.3. The van der Waals surface area contributed by atoms with Gasteiger partial charge in [-0.25, -0.2) is 9.80 Å². The van der Waals surface area contributed by atoms with E-state index in [2.05, 4.69) is 10.4 Å². The summed E-state index contributed by atoms with van der Waals surface area (Å²) in [6.45, 7) is -0.0833. The predicted octanol–water partition coefficient (Wildman–Crippen LogP) is 2.49. The molecule has 1 aromatic heterocycles. The number of nitrogens with zero attached hydrogens (tertiary/aromatic N) is 2. The molecule has 0 radical (unpaired) electrons. The van der Waals surface area contributed by atoms with Crippen LogP contribution in [0.2, 0.25) is 5.02 Å². The Hall–Kier alpha value is -2.60. The second-order valence-electron chi connectivity index (χ2n) is 4.36. The van der Waals surface area contributed by atoms with Crippen LogP contribution in [0.25, 0.3) is 11.3 Å². The maximum Gasteiger partial charge on any atom is 0.344 e. The number of benzene rings is 1. The van der Waals surface area contributed by atoms with E-state index < -0.39 is 6.03 Å². The molecular formula is C14H10ClN3O3. The molecule has 0 spiro atoms. The number of amides is 3. The number of rotatable bonds is 3. The average molecular weight is 304 g/mol. The lowest BCUT2D eigenvalue weighted by atomic mass is 10.2. The summed E-state index contributed by atoms with van der Waals surface area (Å²) in [6.07, 6.45) is 1.39. The van der Waals surface area contributed by atoms with Crippen molar-refractivity contribution < 1.29 is 14.0 Å². The van der Waals surface area contributed by atoms with Crippen LogP contribution in [0.5, 0.6) is 0 Å². The quantitative estimate of drug-likeness (QED) is 0.699. The molecule has 0 saturated carbocycles. The van der Waals surface area contributed by atoms with Crippen molar-refractivity contribution >= 4 is 29.8 Å². The van der Waals surface area contributed by atoms with E-state index in [0.29, 0.717) is 16.5 Å². The molecule has 0 unspecified atom stereocenters. The van der Waals surface area contributed by atoms with Crippen molar-refractivity contribution in [2.45, 2.75) is 0 Å². The molecule has 2 aromatic rings. The summed E-state index contributed by atoms with van der Waals surface area (Å²) in [6, 6.07) is 10.2. The molecule has 6 nitrogen and oxygen atoms in total. The van der Waals surface area contributed by atoms with Crippen LogP contribution >= 0.6 is 11.6 Å². The number of urea groups is 1. The van der Waals surface area contributed by atoms with Gasteiger partial charge in [0.1, 0.15) is 18.1 Å². The zero-order valence-corrected chi connectivity index (χ0v) is 11.5. The van der Waals surface area contributed by atoms with Crippen LogP contribution in [0.4, 0.5) is 4.79 Å². The average Bonchev–Trinajstić information content (AvgIpc) is 3.04. The Labute approximate surface area is 125 Å². The highest BCUT2D eigenvalue weighted by atomic mass is 35.5. The van der Waals surface area contributed by atoms with Gasteiger partial charge in [0.05, 0.1) is 6.21 Å². The zero-order valence-electron chi connectivity index (χ0n) is 10.7. The summed E-state index contributed by atoms with van der Waals surface area (Å²) < 4.78 is 5.60. The van der Waals surface area contributed by atoms with E-state index in [9.17, 15) is 9.59 Å². The van der Waals surface area contributed by atoms with Crippen molar-refractivity contribution in [1.82, 2.24) is 10.3 Å². The largest absolute Gasteiger partial charge is 0.455 e. The van der Waals surface area contributed by atoms with Gasteiger partial charge in [-0.15, -0.1) is 0 Å². The van der Waals surface area contributed by atoms with Crippen LogP contribution in [0.15, 0.2) is 45.9 Å². The fourth-order valence-electron chi connectivity index (χ4n) is 1.84. The highest BCUT2D eigenvalue weighted by molar-refractivity contribution is 6.30. The molecule has 106 valence electrons. The van der Waals surface area contributed by atoms with Crippen molar-refractivity contribution in [3.8, 4) is 11.3 Å². The minimum absolute atomic E-state index is 0.0833. The van der Waals surface area contributed by atoms with Crippen molar-refractivity contribution in [3.05, 3.63) is 47.2 Å². The molecule has 21 heavy (non-hydrogen) atoms. The molecule has 1 aliphatic rings. The third-order valence-electron chi connectivity index (χ3n) is 2.85. The molecule has 0 bridgehead atoms. The third kappa shape index (κ3) is 2.95. The Balaban J connectivity index is 1.75. The summed E-state index contributed by atoms with van der Waals surface area (Å²) in [5, 5.41) is 7.72. The summed E-state index contributed by atoms with van der Waals surface area (Å²) in [5.74, 6) is 0.764. The van der Waals surface area contributed by atoms with Crippen molar-refractivity contribution in [1.29, 1.82) is 0 Å². The normalized spacial score (nSPS) is 15.0. The van der Waals surface area contributed by atoms with Crippen LogP contribution in [-0.4, -0.2) is 29.7 Å². The smallest absolute Gasteiger partial charge is 0.344 e. The first kappa shape index (κ1) is 13.4. The predicted molar refractivity (Wildman–Crippen MR) is 77.0 cm³/mol. The SMILES string of the molecule is O=C1CN(/N=C\c2ccc(-c3ccc(Cl)cc3)o2)C(=O)N1. The molecule has 1 saturated heterocycles. The fraction of sp³-hybridized carbons (Fsp3) is 0.0714. The highest BCUT2D eigenvalue weighted by Crippen LogP contribution is 2.23. The van der Waals surface area contributed by atoms with E-state index in [1.807, 2.05) is 12.1 Å². The van der Waals surface area contributed by atoms with E-state index >= 15 is 0 Å². The zero-order chi connectivity index (χ0) is 14.8. The minimum Gasteiger partial charge on any atom is -0.455 e. The summed E-state index contributed by atoms with van der Waals surface area (Å²) in [4.78, 5) is 22.3. The molecule has 0 atom stereocenters. The second-order valence-corrected chi connectivity index (χ2v) is 4.80. The van der Waals surface area contributed by atoms with Gasteiger partial charge in [-0.1, -0.05) is 11.6 Å². The lowest BCUT2D eigenvalue weighted by molar-refractivity contribution is -0.118. The monoisotopic (exact) mass is 303 g/mol. The number of hydrogen-bond acceptors (Lipinski definition) is 4. The van der Waals surface area contributed by atoms with Crippen molar-refractivity contribution in [3.63, 3.8) is 0 Å². The Bertz CT molecular complexity index is 721. The Morgan fingerprint density at radius 1 is 1.19 bits per heavy atom. The Morgan fingerprint density at radius 3 is 2.62 bits per heavy atom. The second kappa shape index (κ2) is 5.41. The third-order valence-corrected chi connectivity index (χ3v) is 3.11. The molecule has 1 aliphatic heterocycles. The Kier molecular flexibility index (Phi) is 3.45. The van der Waals surface area contributed by atoms with Gasteiger partial charge in [-0.05, 0) is 36.4 Å². The van der Waals surface area contributed by atoms with Crippen LogP contribution in [0.3, 0.4) is 0 Å². The van der Waals surface area contributed by atoms with Gasteiger partial charge in [0, 0.05) is 10.6 Å². The van der Waals surface area contributed by atoms with E-state index in [-0.39, 0.29) is 12.5 Å². The topological polar surface area (TPSA) is 74.9 Å². The molecule has 3 amide bonds. The Morgan fingerprint density at radius 2 is 1.95 bits per heavy atom. The highest BCUT2D eigenvalue weighted by Gasteiger charge is 2.25. The maximum atomic E-state index is 11.3. The molecule has 1 N–H and O–H groups in total. The fourth-order valence-corrected chi connectivity index (χ4v) is 1.97. The number of furan rings is 1. The molecule has 7 heteroatoms. The van der Waals surface area contributed by atoms with E-state index in [0.717, 1.165) is 10.6 Å². The van der Waals surface area contributed by atoms with Gasteiger partial charge >= 0.3 is 6.03 Å². The first-order valence-electron chi connectivity index (χ1n) is 6.13. The number of carbonyl (C=O) groups excluding carboxylic acids is 2. The van der Waals surface area contributed by atoms with Gasteiger partial charge in [0.25, 0.3) is 0 Å². The molecule has 2 heterocycles. The standard InChI is InChI=1S/C14H10ClN3O3/c15-10-3-1-9(2-4-10)12-6-5-11(21-12)7-16-18-8-13(19)17-14(18)20/h1-7H,8H2,(H,17,19,20)/b16-7-. The molecule has 1 aromatic carbocycles. The number of imide groups is 1. The van der Waals surface area contributed by atoms with Crippen LogP contribution in [0.1, 0.15) is 5.76 Å². The van der Waals surface area contributed by atoms with Crippen LogP contribution in [0, 0.1) is 0 Å². The van der Waals surface area contributed by atoms with Gasteiger partial charge in [0.2, 0.25) is 5.91 Å². The number of hydrogen-bond donors (Lipinski definition) is 1. The van der Waals surface area contributed by atoms with Gasteiger partial charge < -0.3 is 4.42 Å². The number of hydrazone groups is 1.